The molecule has 0 atom stereocenters. The van der Waals surface area contributed by atoms with Crippen molar-refractivity contribution >= 4 is 27.4 Å². The number of fused-ring (bicyclic) bond motifs is 1. The minimum atomic E-state index is -2.81. The summed E-state index contributed by atoms with van der Waals surface area (Å²) in [6.07, 6.45) is 4.62. The molecule has 200 valence electrons. The average molecular weight is 529 g/mol. The minimum Gasteiger partial charge on any atom is -0.494 e. The van der Waals surface area contributed by atoms with Crippen LogP contribution in [0.1, 0.15) is 69.9 Å². The zero-order valence-electron chi connectivity index (χ0n) is 22.2. The van der Waals surface area contributed by atoms with E-state index >= 15 is 0 Å². The van der Waals surface area contributed by atoms with Crippen LogP contribution in [0.2, 0.25) is 0 Å². The lowest BCUT2D eigenvalue weighted by Crippen LogP contribution is -2.18. The second kappa shape index (κ2) is 13.7. The number of thiophene rings is 1. The van der Waals surface area contributed by atoms with Crippen molar-refractivity contribution in [1.29, 1.82) is 0 Å². The Kier molecular flexibility index (Phi) is 10.7. The van der Waals surface area contributed by atoms with Gasteiger partial charge in [0.15, 0.2) is 0 Å². The molecule has 0 saturated heterocycles. The summed E-state index contributed by atoms with van der Waals surface area (Å²) in [6, 6.07) is 14.9. The van der Waals surface area contributed by atoms with Crippen LogP contribution < -0.4 is 4.74 Å². The van der Waals surface area contributed by atoms with Gasteiger partial charge in [0.25, 0.3) is 0 Å². The fourth-order valence-corrected chi connectivity index (χ4v) is 5.42. The summed E-state index contributed by atoms with van der Waals surface area (Å²) in [5.74, 6) is -2.66. The number of rotatable bonds is 15. The quantitative estimate of drug-likeness (QED) is 0.112. The van der Waals surface area contributed by atoms with Gasteiger partial charge in [-0.1, -0.05) is 44.5 Å². The lowest BCUT2D eigenvalue weighted by Gasteiger charge is -2.16. The van der Waals surface area contributed by atoms with Gasteiger partial charge in [0.1, 0.15) is 5.75 Å². The van der Waals surface area contributed by atoms with E-state index in [0.29, 0.717) is 5.75 Å². The first-order valence-corrected chi connectivity index (χ1v) is 14.0. The smallest absolute Gasteiger partial charge is 0.333 e. The number of ether oxygens (including phenoxy) is 2. The second-order valence-electron chi connectivity index (χ2n) is 9.74. The predicted molar refractivity (Wildman–Crippen MR) is 150 cm³/mol. The lowest BCUT2D eigenvalue weighted by atomic mass is 10.00. The van der Waals surface area contributed by atoms with Gasteiger partial charge in [-0.2, -0.15) is 0 Å². The van der Waals surface area contributed by atoms with Crippen LogP contribution in [0.3, 0.4) is 0 Å². The van der Waals surface area contributed by atoms with Crippen molar-refractivity contribution in [2.75, 3.05) is 13.2 Å². The van der Waals surface area contributed by atoms with Crippen molar-refractivity contribution in [3.05, 3.63) is 65.7 Å². The molecule has 6 heteroatoms. The minimum absolute atomic E-state index is 0.0246. The van der Waals surface area contributed by atoms with E-state index < -0.39 is 11.9 Å². The van der Waals surface area contributed by atoms with E-state index in [1.54, 1.807) is 11.3 Å². The first-order chi connectivity index (χ1) is 17.7. The number of carbonyl (C=O) groups is 1. The fraction of sp³-hybridized carbons (Fsp3) is 0.452. The SMILES string of the molecule is C=C(C)C(=O)OCCCC(F)(F)CCCOc1ccc2cc(-c3ccc(CCCCC)cc3C)sc2c1. The molecule has 1 heterocycles. The van der Waals surface area contributed by atoms with E-state index in [9.17, 15) is 13.6 Å². The molecule has 2 aromatic carbocycles. The molecule has 0 aliphatic heterocycles. The third-order valence-corrected chi connectivity index (χ3v) is 7.47. The number of aryl methyl sites for hydroxylation is 2. The standard InChI is InChI=1S/C31H38F2O3S/c1-5-6-7-10-24-11-14-27(23(4)19-24)29-20-25-12-13-26(21-28(25)37-29)35-17-8-15-31(32,33)16-9-18-36-30(34)22(2)3/h11-14,19-21H,2,5-10,15-18H2,1,3-4H3. The van der Waals surface area contributed by atoms with E-state index in [0.717, 1.165) is 16.5 Å². The number of carbonyl (C=O) groups excluding carboxylic acids is 1. The van der Waals surface area contributed by atoms with Crippen molar-refractivity contribution < 1.29 is 23.0 Å². The maximum atomic E-state index is 14.1. The van der Waals surface area contributed by atoms with Crippen molar-refractivity contribution in [2.24, 2.45) is 0 Å². The molecule has 0 amide bonds. The van der Waals surface area contributed by atoms with Crippen molar-refractivity contribution in [1.82, 2.24) is 0 Å². The van der Waals surface area contributed by atoms with Gasteiger partial charge < -0.3 is 9.47 Å². The molecule has 0 N–H and O–H groups in total. The fourth-order valence-electron chi connectivity index (χ4n) is 4.24. The van der Waals surface area contributed by atoms with E-state index in [4.69, 9.17) is 9.47 Å². The zero-order chi connectivity index (χ0) is 26.8. The number of alkyl halides is 2. The Bertz CT molecular complexity index is 1200. The summed E-state index contributed by atoms with van der Waals surface area (Å²) < 4.78 is 40.0. The topological polar surface area (TPSA) is 35.5 Å². The van der Waals surface area contributed by atoms with Crippen molar-refractivity contribution in [3.8, 4) is 16.2 Å². The summed E-state index contributed by atoms with van der Waals surface area (Å²) in [4.78, 5) is 12.5. The Labute approximate surface area is 223 Å². The normalized spacial score (nSPS) is 11.6. The van der Waals surface area contributed by atoms with Gasteiger partial charge in [0.05, 0.1) is 13.2 Å². The zero-order valence-corrected chi connectivity index (χ0v) is 23.0. The first-order valence-electron chi connectivity index (χ1n) is 13.2. The third kappa shape index (κ3) is 8.96. The van der Waals surface area contributed by atoms with E-state index in [2.05, 4.69) is 44.7 Å². The number of hydrogen-bond acceptors (Lipinski definition) is 4. The molecule has 3 nitrogen and oxygen atoms in total. The molecule has 3 aromatic rings. The van der Waals surface area contributed by atoms with Crippen LogP contribution in [0.15, 0.2) is 54.6 Å². The molecular formula is C31H38F2O3S. The van der Waals surface area contributed by atoms with Gasteiger partial charge in [0.2, 0.25) is 5.92 Å². The van der Waals surface area contributed by atoms with Crippen LogP contribution in [0.5, 0.6) is 5.75 Å². The highest BCUT2D eigenvalue weighted by atomic mass is 32.1. The highest BCUT2D eigenvalue weighted by Crippen LogP contribution is 2.37. The van der Waals surface area contributed by atoms with Crippen molar-refractivity contribution in [3.63, 3.8) is 0 Å². The predicted octanol–water partition coefficient (Wildman–Crippen LogP) is 9.30. The van der Waals surface area contributed by atoms with Crippen LogP contribution in [0.4, 0.5) is 8.78 Å². The average Bonchev–Trinajstić information content (AvgIpc) is 3.27. The van der Waals surface area contributed by atoms with Crippen LogP contribution in [0.25, 0.3) is 20.5 Å². The van der Waals surface area contributed by atoms with Crippen LogP contribution in [0, 0.1) is 6.92 Å². The summed E-state index contributed by atoms with van der Waals surface area (Å²) >= 11 is 1.72. The van der Waals surface area contributed by atoms with E-state index in [1.807, 2.05) is 18.2 Å². The van der Waals surface area contributed by atoms with Gasteiger partial charge in [0, 0.05) is 28.0 Å². The van der Waals surface area contributed by atoms with Gasteiger partial charge in [-0.05, 0) is 85.9 Å². The molecule has 0 bridgehead atoms. The maximum absolute atomic E-state index is 14.1. The molecule has 3 rings (SSSR count). The largest absolute Gasteiger partial charge is 0.494 e. The highest BCUT2D eigenvalue weighted by Gasteiger charge is 2.27. The molecule has 0 saturated carbocycles. The van der Waals surface area contributed by atoms with Crippen molar-refractivity contribution in [2.45, 2.75) is 78.1 Å². The molecule has 37 heavy (non-hydrogen) atoms. The van der Waals surface area contributed by atoms with E-state index in [1.165, 1.54) is 47.8 Å². The highest BCUT2D eigenvalue weighted by molar-refractivity contribution is 7.22. The van der Waals surface area contributed by atoms with Crippen LogP contribution >= 0.6 is 11.3 Å². The monoisotopic (exact) mass is 528 g/mol. The Morgan fingerprint density at radius 2 is 1.76 bits per heavy atom. The van der Waals surface area contributed by atoms with Gasteiger partial charge in [-0.3, -0.25) is 0 Å². The van der Waals surface area contributed by atoms with E-state index in [-0.39, 0.29) is 44.5 Å². The summed E-state index contributed by atoms with van der Waals surface area (Å²) in [6.45, 7) is 9.59. The molecule has 0 aliphatic rings. The second-order valence-corrected chi connectivity index (χ2v) is 10.8. The Hall–Kier alpha value is -2.73. The number of unbranched alkanes of at least 4 members (excludes halogenated alkanes) is 2. The maximum Gasteiger partial charge on any atom is 0.333 e. The lowest BCUT2D eigenvalue weighted by molar-refractivity contribution is -0.139. The molecular weight excluding hydrogens is 490 g/mol. The van der Waals surface area contributed by atoms with Crippen LogP contribution in [-0.2, 0) is 16.0 Å². The summed E-state index contributed by atoms with van der Waals surface area (Å²) in [7, 11) is 0. The molecule has 0 unspecified atom stereocenters. The molecule has 0 radical (unpaired) electrons. The number of esters is 1. The Morgan fingerprint density at radius 3 is 2.46 bits per heavy atom. The Balaban J connectivity index is 1.49. The van der Waals surface area contributed by atoms with Crippen LogP contribution in [-0.4, -0.2) is 25.1 Å². The van der Waals surface area contributed by atoms with Gasteiger partial charge >= 0.3 is 5.97 Å². The number of halogens is 2. The molecule has 1 aromatic heterocycles. The molecule has 0 aliphatic carbocycles. The molecule has 0 fully saturated rings. The molecule has 0 spiro atoms. The third-order valence-electron chi connectivity index (χ3n) is 6.34. The number of benzene rings is 2. The first kappa shape index (κ1) is 28.8. The summed E-state index contributed by atoms with van der Waals surface area (Å²) in [5, 5.41) is 1.15. The Morgan fingerprint density at radius 1 is 1.00 bits per heavy atom. The van der Waals surface area contributed by atoms with Gasteiger partial charge in [-0.15, -0.1) is 11.3 Å². The summed E-state index contributed by atoms with van der Waals surface area (Å²) in [5.41, 5.74) is 4.19. The van der Waals surface area contributed by atoms with Gasteiger partial charge in [-0.25, -0.2) is 13.6 Å². The number of hydrogen-bond donors (Lipinski definition) is 0.